The van der Waals surface area contributed by atoms with Crippen LogP contribution in [0.5, 0.6) is 5.75 Å². The van der Waals surface area contributed by atoms with Crippen LogP contribution in [0.25, 0.3) is 0 Å². The molecule has 0 saturated heterocycles. The largest absolute Gasteiger partial charge is 0.464 e. The van der Waals surface area contributed by atoms with Crippen molar-refractivity contribution in [3.05, 3.63) is 16.3 Å². The quantitative estimate of drug-likeness (QED) is 0.652. The van der Waals surface area contributed by atoms with Crippen LogP contribution in [0.1, 0.15) is 12.5 Å². The van der Waals surface area contributed by atoms with Crippen molar-refractivity contribution in [3.63, 3.8) is 0 Å². The van der Waals surface area contributed by atoms with Crippen LogP contribution in [0.4, 0.5) is 0 Å². The normalized spacial score (nSPS) is 13.0. The fourth-order valence-electron chi connectivity index (χ4n) is 0.697. The van der Waals surface area contributed by atoms with Gasteiger partial charge in [-0.15, -0.1) is 11.3 Å². The van der Waals surface area contributed by atoms with Crippen molar-refractivity contribution in [2.24, 2.45) is 0 Å². The Kier molecular flexibility index (Phi) is 2.91. The Morgan fingerprint density at radius 2 is 2.18 bits per heavy atom. The molecule has 0 aliphatic carbocycles. The first-order valence-electron chi connectivity index (χ1n) is 3.46. The first-order chi connectivity index (χ1) is 5.24. The maximum atomic E-state index is 5.42. The molecule has 0 aliphatic heterocycles. The van der Waals surface area contributed by atoms with E-state index in [1.807, 2.05) is 19.2 Å². The average molecular weight is 172 g/mol. The lowest BCUT2D eigenvalue weighted by Gasteiger charge is -2.11. The molecular formula is C8H12O2S. The van der Waals surface area contributed by atoms with Gasteiger partial charge in [0.1, 0.15) is 5.75 Å². The lowest BCUT2D eigenvalue weighted by atomic mass is 10.4. The molecule has 0 spiro atoms. The van der Waals surface area contributed by atoms with Gasteiger partial charge in [-0.25, -0.2) is 0 Å². The minimum absolute atomic E-state index is 0.164. The van der Waals surface area contributed by atoms with Gasteiger partial charge >= 0.3 is 0 Å². The number of hydrogen-bond acceptors (Lipinski definition) is 3. The van der Waals surface area contributed by atoms with Gasteiger partial charge in [0.15, 0.2) is 6.29 Å². The molecule has 11 heavy (non-hydrogen) atoms. The summed E-state index contributed by atoms with van der Waals surface area (Å²) in [7, 11) is 1.63. The lowest BCUT2D eigenvalue weighted by molar-refractivity contribution is -0.0383. The van der Waals surface area contributed by atoms with E-state index in [1.165, 1.54) is 5.56 Å². The number of ether oxygens (including phenoxy) is 2. The summed E-state index contributed by atoms with van der Waals surface area (Å²) in [4.78, 5) is 0. The van der Waals surface area contributed by atoms with Gasteiger partial charge in [-0.05, 0) is 19.2 Å². The zero-order valence-electron chi connectivity index (χ0n) is 6.96. The molecule has 1 rings (SSSR count). The molecule has 62 valence electrons. The summed E-state index contributed by atoms with van der Waals surface area (Å²) in [5.41, 5.74) is 1.17. The Morgan fingerprint density at radius 3 is 2.64 bits per heavy atom. The van der Waals surface area contributed by atoms with Crippen molar-refractivity contribution in [2.75, 3.05) is 7.11 Å². The SMILES string of the molecule is COC(C)Oc1cscc1C. The minimum Gasteiger partial charge on any atom is -0.464 e. The van der Waals surface area contributed by atoms with Crippen LogP contribution in [-0.4, -0.2) is 13.4 Å². The maximum absolute atomic E-state index is 5.42. The smallest absolute Gasteiger partial charge is 0.196 e. The summed E-state index contributed by atoms with van der Waals surface area (Å²) in [5, 5.41) is 4.03. The van der Waals surface area contributed by atoms with Gasteiger partial charge in [-0.3, -0.25) is 0 Å². The van der Waals surface area contributed by atoms with E-state index in [0.717, 1.165) is 5.75 Å². The monoisotopic (exact) mass is 172 g/mol. The van der Waals surface area contributed by atoms with E-state index in [0.29, 0.717) is 0 Å². The Hall–Kier alpha value is -0.540. The molecule has 1 aromatic rings. The van der Waals surface area contributed by atoms with Gasteiger partial charge < -0.3 is 9.47 Å². The van der Waals surface area contributed by atoms with Gasteiger partial charge in [0, 0.05) is 18.1 Å². The van der Waals surface area contributed by atoms with Crippen molar-refractivity contribution in [1.29, 1.82) is 0 Å². The van der Waals surface area contributed by atoms with E-state index in [9.17, 15) is 0 Å². The van der Waals surface area contributed by atoms with Crippen molar-refractivity contribution in [3.8, 4) is 5.75 Å². The van der Waals surface area contributed by atoms with E-state index in [2.05, 4.69) is 5.38 Å². The van der Waals surface area contributed by atoms with Crippen LogP contribution < -0.4 is 4.74 Å². The van der Waals surface area contributed by atoms with Crippen LogP contribution >= 0.6 is 11.3 Å². The highest BCUT2D eigenvalue weighted by Crippen LogP contribution is 2.23. The van der Waals surface area contributed by atoms with Gasteiger partial charge in [0.05, 0.1) is 0 Å². The molecule has 0 saturated carbocycles. The number of methoxy groups -OCH3 is 1. The molecule has 0 aliphatic rings. The Labute approximate surface area is 70.8 Å². The minimum atomic E-state index is -0.164. The van der Waals surface area contributed by atoms with E-state index >= 15 is 0 Å². The number of aryl methyl sites for hydroxylation is 1. The van der Waals surface area contributed by atoms with Gasteiger partial charge in [-0.2, -0.15) is 0 Å². The summed E-state index contributed by atoms with van der Waals surface area (Å²) >= 11 is 1.64. The molecule has 0 N–H and O–H groups in total. The Balaban J connectivity index is 2.56. The standard InChI is InChI=1S/C8H12O2S/c1-6-4-11-5-8(6)10-7(2)9-3/h4-5,7H,1-3H3. The second-order valence-electron chi connectivity index (χ2n) is 2.34. The number of rotatable bonds is 3. The highest BCUT2D eigenvalue weighted by Gasteiger charge is 2.04. The zero-order chi connectivity index (χ0) is 8.27. The second-order valence-corrected chi connectivity index (χ2v) is 3.08. The summed E-state index contributed by atoms with van der Waals surface area (Å²) in [6.07, 6.45) is -0.164. The van der Waals surface area contributed by atoms with Crippen LogP contribution in [0.15, 0.2) is 10.8 Å². The highest BCUT2D eigenvalue weighted by atomic mass is 32.1. The third-order valence-electron chi connectivity index (χ3n) is 1.43. The van der Waals surface area contributed by atoms with E-state index < -0.39 is 0 Å². The first-order valence-corrected chi connectivity index (χ1v) is 4.40. The Bertz CT molecular complexity index is 220. The fourth-order valence-corrected chi connectivity index (χ4v) is 1.45. The van der Waals surface area contributed by atoms with E-state index in [1.54, 1.807) is 18.4 Å². The first kappa shape index (κ1) is 8.56. The summed E-state index contributed by atoms with van der Waals surface area (Å²) < 4.78 is 10.4. The number of hydrogen-bond donors (Lipinski definition) is 0. The third-order valence-corrected chi connectivity index (χ3v) is 2.27. The molecule has 1 aromatic heterocycles. The molecule has 0 radical (unpaired) electrons. The van der Waals surface area contributed by atoms with Crippen molar-refractivity contribution in [2.45, 2.75) is 20.1 Å². The molecule has 3 heteroatoms. The van der Waals surface area contributed by atoms with Crippen molar-refractivity contribution < 1.29 is 9.47 Å². The summed E-state index contributed by atoms with van der Waals surface area (Å²) in [5.74, 6) is 0.921. The molecule has 2 nitrogen and oxygen atoms in total. The molecular weight excluding hydrogens is 160 g/mol. The van der Waals surface area contributed by atoms with Crippen molar-refractivity contribution >= 4 is 11.3 Å². The fraction of sp³-hybridized carbons (Fsp3) is 0.500. The Morgan fingerprint density at radius 1 is 1.45 bits per heavy atom. The van der Waals surface area contributed by atoms with Crippen LogP contribution in [0.2, 0.25) is 0 Å². The van der Waals surface area contributed by atoms with Crippen molar-refractivity contribution in [1.82, 2.24) is 0 Å². The summed E-state index contributed by atoms with van der Waals surface area (Å²) in [6.45, 7) is 3.89. The lowest BCUT2D eigenvalue weighted by Crippen LogP contribution is -2.13. The molecule has 0 bridgehead atoms. The predicted molar refractivity (Wildman–Crippen MR) is 46.2 cm³/mol. The molecule has 0 aromatic carbocycles. The number of thiophene rings is 1. The molecule has 0 fully saturated rings. The topological polar surface area (TPSA) is 18.5 Å². The average Bonchev–Trinajstić information content (AvgIpc) is 2.37. The van der Waals surface area contributed by atoms with E-state index in [-0.39, 0.29) is 6.29 Å². The van der Waals surface area contributed by atoms with Gasteiger partial charge in [-0.1, -0.05) is 0 Å². The predicted octanol–water partition coefficient (Wildman–Crippen LogP) is 2.43. The summed E-state index contributed by atoms with van der Waals surface area (Å²) in [6, 6.07) is 0. The zero-order valence-corrected chi connectivity index (χ0v) is 7.77. The molecule has 1 atom stereocenters. The maximum Gasteiger partial charge on any atom is 0.196 e. The van der Waals surface area contributed by atoms with Crippen LogP contribution in [0.3, 0.4) is 0 Å². The van der Waals surface area contributed by atoms with E-state index in [4.69, 9.17) is 9.47 Å². The molecule has 1 heterocycles. The highest BCUT2D eigenvalue weighted by molar-refractivity contribution is 7.08. The van der Waals surface area contributed by atoms with Crippen LogP contribution in [-0.2, 0) is 4.74 Å². The molecule has 1 unspecified atom stereocenters. The van der Waals surface area contributed by atoms with Crippen LogP contribution in [0, 0.1) is 6.92 Å². The van der Waals surface area contributed by atoms with Gasteiger partial charge in [0.25, 0.3) is 0 Å². The second kappa shape index (κ2) is 3.74. The molecule has 0 amide bonds. The third kappa shape index (κ3) is 2.20. The van der Waals surface area contributed by atoms with Gasteiger partial charge in [0.2, 0.25) is 0 Å².